The zero-order valence-corrected chi connectivity index (χ0v) is 13.8. The Balaban J connectivity index is 2.15. The van der Waals surface area contributed by atoms with E-state index < -0.39 is 0 Å². The Kier molecular flexibility index (Phi) is 6.51. The predicted octanol–water partition coefficient (Wildman–Crippen LogP) is 2.06. The molecule has 120 valence electrons. The molecule has 1 fully saturated rings. The van der Waals surface area contributed by atoms with Crippen molar-refractivity contribution in [2.75, 3.05) is 38.3 Å². The number of nitrogens with one attached hydrogen (secondary N) is 1. The minimum Gasteiger partial charge on any atom is -0.385 e. The maximum atomic E-state index is 5.18. The zero-order chi connectivity index (χ0) is 15.1. The molecule has 0 spiro atoms. The Morgan fingerprint density at radius 1 is 1.48 bits per heavy atom. The quantitative estimate of drug-likeness (QED) is 0.745. The van der Waals surface area contributed by atoms with Crippen LogP contribution >= 0.6 is 0 Å². The summed E-state index contributed by atoms with van der Waals surface area (Å²) in [6, 6.07) is 0.567. The third-order valence-electron chi connectivity index (χ3n) is 4.22. The number of hydrogen-bond acceptors (Lipinski definition) is 4. The Bertz CT molecular complexity index is 412. The number of likely N-dealkylation sites (N-methyl/N-ethyl adjacent to an activating group) is 1. The van der Waals surface area contributed by atoms with Gasteiger partial charge in [-0.25, -0.2) is 4.98 Å². The molecule has 1 aromatic rings. The van der Waals surface area contributed by atoms with E-state index in [1.54, 1.807) is 7.11 Å². The molecule has 0 radical (unpaired) electrons. The normalized spacial score (nSPS) is 18.9. The Morgan fingerprint density at radius 2 is 2.33 bits per heavy atom. The van der Waals surface area contributed by atoms with Gasteiger partial charge in [-0.15, -0.1) is 0 Å². The number of ether oxygens (including phenoxy) is 1. The molecule has 0 aromatic carbocycles. The van der Waals surface area contributed by atoms with E-state index >= 15 is 0 Å². The van der Waals surface area contributed by atoms with Crippen LogP contribution in [0.1, 0.15) is 38.8 Å². The third-order valence-corrected chi connectivity index (χ3v) is 4.22. The minimum absolute atomic E-state index is 0.567. The molecule has 1 unspecified atom stereocenters. The van der Waals surface area contributed by atoms with Gasteiger partial charge in [0.05, 0.1) is 5.69 Å². The maximum absolute atomic E-state index is 5.18. The number of methoxy groups -OCH3 is 1. The summed E-state index contributed by atoms with van der Waals surface area (Å²) in [5.41, 5.74) is 1.18. The third kappa shape index (κ3) is 4.20. The molecule has 2 heterocycles. The van der Waals surface area contributed by atoms with E-state index in [-0.39, 0.29) is 0 Å². The molecule has 1 N–H and O–H groups in total. The lowest BCUT2D eigenvalue weighted by atomic mass is 10.1. The Morgan fingerprint density at radius 3 is 2.95 bits per heavy atom. The van der Waals surface area contributed by atoms with Crippen LogP contribution in [0.2, 0.25) is 0 Å². The van der Waals surface area contributed by atoms with Crippen molar-refractivity contribution in [1.29, 1.82) is 0 Å². The Hall–Kier alpha value is -1.07. The lowest BCUT2D eigenvalue weighted by molar-refractivity contribution is 0.190. The van der Waals surface area contributed by atoms with Gasteiger partial charge in [0.1, 0.15) is 0 Å². The number of nitrogens with zero attached hydrogens (tertiary/aromatic N) is 3. The van der Waals surface area contributed by atoms with Crippen molar-refractivity contribution < 1.29 is 4.74 Å². The van der Waals surface area contributed by atoms with Crippen LogP contribution in [0, 0.1) is 0 Å². The highest BCUT2D eigenvalue weighted by Gasteiger charge is 2.23. The predicted molar refractivity (Wildman–Crippen MR) is 87.0 cm³/mol. The highest BCUT2D eigenvalue weighted by atomic mass is 16.5. The molecule has 1 aromatic heterocycles. The molecule has 0 amide bonds. The SMILES string of the molecule is CCc1cn(CCCOC)c(N(CC)C2CCCNC2)n1. The van der Waals surface area contributed by atoms with E-state index in [4.69, 9.17) is 9.72 Å². The van der Waals surface area contributed by atoms with Crippen LogP contribution in [0.3, 0.4) is 0 Å². The summed E-state index contributed by atoms with van der Waals surface area (Å²) >= 11 is 0. The second-order valence-corrected chi connectivity index (χ2v) is 5.71. The molecular weight excluding hydrogens is 264 g/mol. The molecule has 2 rings (SSSR count). The second kappa shape index (κ2) is 8.39. The first-order valence-electron chi connectivity index (χ1n) is 8.32. The lowest BCUT2D eigenvalue weighted by Crippen LogP contribution is -2.47. The zero-order valence-electron chi connectivity index (χ0n) is 13.8. The number of aryl methyl sites for hydroxylation is 2. The van der Waals surface area contributed by atoms with Crippen molar-refractivity contribution in [2.24, 2.45) is 0 Å². The van der Waals surface area contributed by atoms with Gasteiger partial charge in [-0.2, -0.15) is 0 Å². The van der Waals surface area contributed by atoms with Crippen molar-refractivity contribution in [3.63, 3.8) is 0 Å². The molecule has 1 aliphatic heterocycles. The van der Waals surface area contributed by atoms with Crippen LogP contribution in [0.25, 0.3) is 0 Å². The van der Waals surface area contributed by atoms with Gasteiger partial charge in [0.15, 0.2) is 0 Å². The van der Waals surface area contributed by atoms with E-state index in [2.05, 4.69) is 34.8 Å². The van der Waals surface area contributed by atoms with Gasteiger partial charge in [-0.3, -0.25) is 0 Å². The van der Waals surface area contributed by atoms with Crippen LogP contribution in [0.5, 0.6) is 0 Å². The maximum Gasteiger partial charge on any atom is 0.206 e. The number of piperidine rings is 1. The first-order chi connectivity index (χ1) is 10.3. The molecule has 1 atom stereocenters. The fraction of sp³-hybridized carbons (Fsp3) is 0.812. The number of anilines is 1. The molecule has 21 heavy (non-hydrogen) atoms. The largest absolute Gasteiger partial charge is 0.385 e. The highest BCUT2D eigenvalue weighted by molar-refractivity contribution is 5.35. The molecule has 1 aliphatic rings. The van der Waals surface area contributed by atoms with Gasteiger partial charge in [0, 0.05) is 45.6 Å². The standard InChI is InChI=1S/C16H30N4O/c1-4-14-13-19(10-7-11-21-3)16(18-14)20(5-2)15-8-6-9-17-12-15/h13,15,17H,4-12H2,1-3H3. The van der Waals surface area contributed by atoms with Crippen molar-refractivity contribution in [3.8, 4) is 0 Å². The van der Waals surface area contributed by atoms with Gasteiger partial charge in [0.25, 0.3) is 0 Å². The van der Waals surface area contributed by atoms with Crippen molar-refractivity contribution in [3.05, 3.63) is 11.9 Å². The van der Waals surface area contributed by atoms with Crippen LogP contribution in [0.15, 0.2) is 6.20 Å². The number of hydrogen-bond donors (Lipinski definition) is 1. The van der Waals surface area contributed by atoms with E-state index in [1.165, 1.54) is 18.5 Å². The molecular formula is C16H30N4O. The number of imidazole rings is 1. The van der Waals surface area contributed by atoms with Gasteiger partial charge in [-0.05, 0) is 39.2 Å². The monoisotopic (exact) mass is 294 g/mol. The van der Waals surface area contributed by atoms with Crippen molar-refractivity contribution in [2.45, 2.75) is 52.1 Å². The average molecular weight is 294 g/mol. The average Bonchev–Trinajstić information content (AvgIpc) is 2.93. The smallest absolute Gasteiger partial charge is 0.206 e. The highest BCUT2D eigenvalue weighted by Crippen LogP contribution is 2.21. The van der Waals surface area contributed by atoms with E-state index in [0.717, 1.165) is 51.6 Å². The summed E-state index contributed by atoms with van der Waals surface area (Å²) in [5.74, 6) is 1.14. The number of rotatable bonds is 8. The summed E-state index contributed by atoms with van der Waals surface area (Å²) in [7, 11) is 1.76. The molecule has 0 bridgehead atoms. The molecule has 0 aliphatic carbocycles. The summed E-state index contributed by atoms with van der Waals surface area (Å²) in [6.07, 6.45) is 6.75. The van der Waals surface area contributed by atoms with Gasteiger partial charge in [0.2, 0.25) is 5.95 Å². The molecule has 5 nitrogen and oxygen atoms in total. The van der Waals surface area contributed by atoms with Crippen LogP contribution < -0.4 is 10.2 Å². The van der Waals surface area contributed by atoms with E-state index in [1.807, 2.05) is 0 Å². The van der Waals surface area contributed by atoms with Crippen molar-refractivity contribution >= 4 is 5.95 Å². The molecule has 0 saturated carbocycles. The topological polar surface area (TPSA) is 42.3 Å². The first-order valence-corrected chi connectivity index (χ1v) is 8.32. The summed E-state index contributed by atoms with van der Waals surface area (Å²) in [5, 5.41) is 3.51. The first kappa shape index (κ1) is 16.3. The molecule has 5 heteroatoms. The summed E-state index contributed by atoms with van der Waals surface area (Å²) in [4.78, 5) is 7.34. The van der Waals surface area contributed by atoms with E-state index in [9.17, 15) is 0 Å². The lowest BCUT2D eigenvalue weighted by Gasteiger charge is -2.35. The second-order valence-electron chi connectivity index (χ2n) is 5.71. The van der Waals surface area contributed by atoms with E-state index in [0.29, 0.717) is 6.04 Å². The fourth-order valence-corrected chi connectivity index (χ4v) is 3.06. The Labute approximate surface area is 128 Å². The van der Waals surface area contributed by atoms with Crippen LogP contribution in [0.4, 0.5) is 5.95 Å². The van der Waals surface area contributed by atoms with Gasteiger partial charge >= 0.3 is 0 Å². The van der Waals surface area contributed by atoms with Gasteiger partial charge < -0.3 is 19.5 Å². The van der Waals surface area contributed by atoms with Crippen LogP contribution in [-0.4, -0.2) is 48.9 Å². The van der Waals surface area contributed by atoms with Gasteiger partial charge in [-0.1, -0.05) is 6.92 Å². The summed E-state index contributed by atoms with van der Waals surface area (Å²) in [6.45, 7) is 9.41. The van der Waals surface area contributed by atoms with Crippen LogP contribution in [-0.2, 0) is 17.7 Å². The minimum atomic E-state index is 0.567. The fourth-order valence-electron chi connectivity index (χ4n) is 3.06. The number of aromatic nitrogens is 2. The summed E-state index contributed by atoms with van der Waals surface area (Å²) < 4.78 is 7.50. The van der Waals surface area contributed by atoms with Crippen molar-refractivity contribution in [1.82, 2.24) is 14.9 Å². The molecule has 1 saturated heterocycles.